The zero-order chi connectivity index (χ0) is 18.1. The molecule has 0 aliphatic heterocycles. The van der Waals surface area contributed by atoms with Gasteiger partial charge in [-0.1, -0.05) is 24.3 Å². The molecule has 5 heteroatoms. The quantitative estimate of drug-likeness (QED) is 0.709. The van der Waals surface area contributed by atoms with Crippen LogP contribution >= 0.6 is 0 Å². The fraction of sp³-hybridized carbons (Fsp3) is 0.350. The summed E-state index contributed by atoms with van der Waals surface area (Å²) in [4.78, 5) is 12.0. The Bertz CT molecular complexity index is 652. The summed E-state index contributed by atoms with van der Waals surface area (Å²) >= 11 is 0. The van der Waals surface area contributed by atoms with Crippen LogP contribution < -0.4 is 14.8 Å². The van der Waals surface area contributed by atoms with E-state index < -0.39 is 0 Å². The van der Waals surface area contributed by atoms with Crippen LogP contribution in [0.3, 0.4) is 0 Å². The summed E-state index contributed by atoms with van der Waals surface area (Å²) < 4.78 is 15.2. The Balaban J connectivity index is 1.91. The molecule has 5 nitrogen and oxygen atoms in total. The summed E-state index contributed by atoms with van der Waals surface area (Å²) in [5.41, 5.74) is 2.23. The number of hydrogen-bond donors (Lipinski definition) is 1. The number of carbonyl (C=O) groups is 1. The molecule has 1 atom stereocenters. The van der Waals surface area contributed by atoms with Crippen molar-refractivity contribution in [1.29, 1.82) is 0 Å². The maximum atomic E-state index is 12.0. The highest BCUT2D eigenvalue weighted by atomic mass is 16.5. The van der Waals surface area contributed by atoms with Crippen LogP contribution in [-0.4, -0.2) is 39.9 Å². The summed E-state index contributed by atoms with van der Waals surface area (Å²) in [6.45, 7) is 0.683. The summed E-state index contributed by atoms with van der Waals surface area (Å²) in [6, 6.07) is 15.2. The third kappa shape index (κ3) is 5.80. The average molecular weight is 343 g/mol. The largest absolute Gasteiger partial charge is 0.497 e. The minimum Gasteiger partial charge on any atom is -0.497 e. The second kappa shape index (κ2) is 9.69. The summed E-state index contributed by atoms with van der Waals surface area (Å²) in [5, 5.41) is 3.29. The van der Waals surface area contributed by atoms with Gasteiger partial charge in [0.1, 0.15) is 17.5 Å². The first-order valence-electron chi connectivity index (χ1n) is 8.23. The van der Waals surface area contributed by atoms with Gasteiger partial charge in [-0.3, -0.25) is 4.79 Å². The molecule has 0 saturated heterocycles. The lowest BCUT2D eigenvalue weighted by molar-refractivity contribution is -0.143. The van der Waals surface area contributed by atoms with Gasteiger partial charge in [-0.15, -0.1) is 0 Å². The monoisotopic (exact) mass is 343 g/mol. The zero-order valence-corrected chi connectivity index (χ0v) is 15.0. The van der Waals surface area contributed by atoms with Crippen LogP contribution in [-0.2, 0) is 22.4 Å². The van der Waals surface area contributed by atoms with Crippen LogP contribution in [0.5, 0.6) is 11.5 Å². The van der Waals surface area contributed by atoms with Gasteiger partial charge < -0.3 is 19.5 Å². The van der Waals surface area contributed by atoms with E-state index in [0.29, 0.717) is 13.0 Å². The van der Waals surface area contributed by atoms with E-state index in [4.69, 9.17) is 14.2 Å². The molecule has 134 valence electrons. The molecule has 0 radical (unpaired) electrons. The maximum absolute atomic E-state index is 12.0. The molecule has 0 heterocycles. The molecule has 2 aromatic carbocycles. The average Bonchev–Trinajstić information content (AvgIpc) is 2.67. The number of ether oxygens (including phenoxy) is 3. The first kappa shape index (κ1) is 18.8. The third-order valence-electron chi connectivity index (χ3n) is 4.05. The third-order valence-corrected chi connectivity index (χ3v) is 4.05. The number of methoxy groups -OCH3 is 3. The molecule has 0 amide bonds. The highest BCUT2D eigenvalue weighted by molar-refractivity contribution is 5.76. The molecular formula is C20H25NO4. The molecule has 25 heavy (non-hydrogen) atoms. The maximum Gasteiger partial charge on any atom is 0.323 e. The van der Waals surface area contributed by atoms with Crippen LogP contribution in [0.1, 0.15) is 11.1 Å². The predicted octanol–water partition coefficient (Wildman–Crippen LogP) is 2.62. The van der Waals surface area contributed by atoms with Gasteiger partial charge in [0.15, 0.2) is 0 Å². The van der Waals surface area contributed by atoms with Crippen molar-refractivity contribution in [2.75, 3.05) is 27.9 Å². The smallest absolute Gasteiger partial charge is 0.323 e. The minimum atomic E-state index is -0.378. The fourth-order valence-corrected chi connectivity index (χ4v) is 2.56. The van der Waals surface area contributed by atoms with Gasteiger partial charge in [-0.2, -0.15) is 0 Å². The first-order valence-corrected chi connectivity index (χ1v) is 8.23. The van der Waals surface area contributed by atoms with Gasteiger partial charge in [-0.25, -0.2) is 0 Å². The molecule has 0 saturated carbocycles. The van der Waals surface area contributed by atoms with Crippen molar-refractivity contribution in [3.8, 4) is 11.5 Å². The number of benzene rings is 2. The van der Waals surface area contributed by atoms with E-state index in [0.717, 1.165) is 23.5 Å². The van der Waals surface area contributed by atoms with Crippen molar-refractivity contribution >= 4 is 5.97 Å². The van der Waals surface area contributed by atoms with Crippen LogP contribution in [0.25, 0.3) is 0 Å². The normalized spacial score (nSPS) is 11.6. The molecule has 0 unspecified atom stereocenters. The molecule has 0 fully saturated rings. The molecule has 1 N–H and O–H groups in total. The van der Waals surface area contributed by atoms with Gasteiger partial charge in [0.05, 0.1) is 21.3 Å². The molecule has 2 aromatic rings. The topological polar surface area (TPSA) is 56.8 Å². The van der Waals surface area contributed by atoms with Gasteiger partial charge >= 0.3 is 5.97 Å². The van der Waals surface area contributed by atoms with Gasteiger partial charge in [0.2, 0.25) is 0 Å². The van der Waals surface area contributed by atoms with E-state index >= 15 is 0 Å². The van der Waals surface area contributed by atoms with Crippen molar-refractivity contribution in [3.63, 3.8) is 0 Å². The van der Waals surface area contributed by atoms with Gasteiger partial charge in [-0.05, 0) is 54.8 Å². The number of rotatable bonds is 9. The van der Waals surface area contributed by atoms with Crippen molar-refractivity contribution in [2.24, 2.45) is 0 Å². The highest BCUT2D eigenvalue weighted by Crippen LogP contribution is 2.14. The predicted molar refractivity (Wildman–Crippen MR) is 97.2 cm³/mol. The summed E-state index contributed by atoms with van der Waals surface area (Å²) in [6.07, 6.45) is 1.39. The van der Waals surface area contributed by atoms with Crippen molar-refractivity contribution in [2.45, 2.75) is 18.9 Å². The highest BCUT2D eigenvalue weighted by Gasteiger charge is 2.18. The van der Waals surface area contributed by atoms with E-state index in [1.807, 2.05) is 48.5 Å². The van der Waals surface area contributed by atoms with Crippen LogP contribution in [0.2, 0.25) is 0 Å². The number of nitrogens with one attached hydrogen (secondary N) is 1. The van der Waals surface area contributed by atoms with Crippen LogP contribution in [0.15, 0.2) is 48.5 Å². The fourth-order valence-electron chi connectivity index (χ4n) is 2.56. The van der Waals surface area contributed by atoms with E-state index in [9.17, 15) is 4.79 Å². The molecule has 0 spiro atoms. The minimum absolute atomic E-state index is 0.259. The molecule has 0 aromatic heterocycles. The Morgan fingerprint density at radius 1 is 0.880 bits per heavy atom. The van der Waals surface area contributed by atoms with Crippen LogP contribution in [0.4, 0.5) is 0 Å². The Morgan fingerprint density at radius 3 is 1.88 bits per heavy atom. The Hall–Kier alpha value is -2.53. The Morgan fingerprint density at radius 2 is 1.40 bits per heavy atom. The van der Waals surface area contributed by atoms with Gasteiger partial charge in [0, 0.05) is 0 Å². The van der Waals surface area contributed by atoms with E-state index in [2.05, 4.69) is 5.32 Å². The summed E-state index contributed by atoms with van der Waals surface area (Å²) in [7, 11) is 4.69. The van der Waals surface area contributed by atoms with E-state index in [1.165, 1.54) is 12.7 Å². The molecule has 0 aliphatic rings. The standard InChI is InChI=1S/C20H25NO4/c1-23-17-8-4-15(5-9-17)12-13-21-19(20(22)25-3)14-16-6-10-18(24-2)11-7-16/h4-11,19,21H,12-14H2,1-3H3/t19-/m1/s1. The second-order valence-corrected chi connectivity index (χ2v) is 5.68. The molecule has 0 bridgehead atoms. The number of esters is 1. The molecule has 2 rings (SSSR count). The second-order valence-electron chi connectivity index (χ2n) is 5.68. The van der Waals surface area contributed by atoms with Crippen molar-refractivity contribution in [1.82, 2.24) is 5.32 Å². The lowest BCUT2D eigenvalue weighted by Crippen LogP contribution is -2.40. The first-order chi connectivity index (χ1) is 12.2. The van der Waals surface area contributed by atoms with Crippen molar-refractivity contribution < 1.29 is 19.0 Å². The lowest BCUT2D eigenvalue weighted by Gasteiger charge is -2.17. The van der Waals surface area contributed by atoms with E-state index in [1.54, 1.807) is 14.2 Å². The molecule has 0 aliphatic carbocycles. The van der Waals surface area contributed by atoms with Gasteiger partial charge in [0.25, 0.3) is 0 Å². The lowest BCUT2D eigenvalue weighted by atomic mass is 10.1. The number of carbonyl (C=O) groups excluding carboxylic acids is 1. The SMILES string of the molecule is COC(=O)[C@@H](Cc1ccc(OC)cc1)NCCc1ccc(OC)cc1. The van der Waals surface area contributed by atoms with Crippen LogP contribution in [0, 0.1) is 0 Å². The summed E-state index contributed by atoms with van der Waals surface area (Å²) in [5.74, 6) is 1.38. The van der Waals surface area contributed by atoms with E-state index in [-0.39, 0.29) is 12.0 Å². The zero-order valence-electron chi connectivity index (χ0n) is 15.0. The number of hydrogen-bond acceptors (Lipinski definition) is 5. The Labute approximate surface area is 148 Å². The molecular weight excluding hydrogens is 318 g/mol. The van der Waals surface area contributed by atoms with Crippen molar-refractivity contribution in [3.05, 3.63) is 59.7 Å². The Kier molecular flexibility index (Phi) is 7.29.